The van der Waals surface area contributed by atoms with Crippen molar-refractivity contribution in [3.05, 3.63) is 0 Å². The molecule has 2 saturated heterocycles. The highest BCUT2D eigenvalue weighted by Crippen LogP contribution is 2.29. The number of carbonyl (C=O) groups is 2. The number of amides is 2. The van der Waals surface area contributed by atoms with Crippen LogP contribution in [0.15, 0.2) is 0 Å². The standard InChI is InChI=1S/C14H25N3O3/c1-14(12(18)19)6-4-11-17(14)13(20)15-7-5-10-16-8-2-3-9-16/h2-11H2,1H3,(H,15,20)(H,18,19). The predicted octanol–water partition coefficient (Wildman–Crippen LogP) is 1.12. The van der Waals surface area contributed by atoms with E-state index < -0.39 is 11.5 Å². The van der Waals surface area contributed by atoms with Gasteiger partial charge in [0.05, 0.1) is 0 Å². The summed E-state index contributed by atoms with van der Waals surface area (Å²) in [6.45, 7) is 6.11. The first-order valence-corrected chi connectivity index (χ1v) is 7.55. The highest BCUT2D eigenvalue weighted by atomic mass is 16.4. The molecule has 2 fully saturated rings. The van der Waals surface area contributed by atoms with Crippen molar-refractivity contribution in [1.29, 1.82) is 0 Å². The fourth-order valence-electron chi connectivity index (χ4n) is 3.11. The minimum atomic E-state index is -1.04. The lowest BCUT2D eigenvalue weighted by atomic mass is 10.00. The molecule has 2 rings (SSSR count). The molecule has 114 valence electrons. The summed E-state index contributed by atoms with van der Waals surface area (Å²) in [6, 6.07) is -0.242. The average Bonchev–Trinajstić information content (AvgIpc) is 3.04. The van der Waals surface area contributed by atoms with Crippen LogP contribution >= 0.6 is 0 Å². The zero-order valence-electron chi connectivity index (χ0n) is 12.2. The Hall–Kier alpha value is -1.30. The molecule has 2 N–H and O–H groups in total. The third-order valence-corrected chi connectivity index (χ3v) is 4.47. The molecule has 0 aromatic rings. The number of carboxylic acid groups (broad SMARTS) is 1. The molecule has 6 heteroatoms. The summed E-state index contributed by atoms with van der Waals surface area (Å²) in [6.07, 6.45) is 4.76. The first-order valence-electron chi connectivity index (χ1n) is 7.55. The Morgan fingerprint density at radius 1 is 1.20 bits per heavy atom. The van der Waals surface area contributed by atoms with Gasteiger partial charge in [-0.05, 0) is 58.7 Å². The Balaban J connectivity index is 1.72. The Bertz CT molecular complexity index is 369. The fourth-order valence-corrected chi connectivity index (χ4v) is 3.11. The lowest BCUT2D eigenvalue weighted by Gasteiger charge is -2.31. The van der Waals surface area contributed by atoms with Crippen LogP contribution in [0.2, 0.25) is 0 Å². The Kier molecular flexibility index (Phi) is 4.86. The highest BCUT2D eigenvalue weighted by Gasteiger charge is 2.45. The number of carbonyl (C=O) groups excluding carboxylic acids is 1. The lowest BCUT2D eigenvalue weighted by molar-refractivity contribution is -0.147. The van der Waals surface area contributed by atoms with Crippen LogP contribution in [0, 0.1) is 0 Å². The van der Waals surface area contributed by atoms with Gasteiger partial charge >= 0.3 is 12.0 Å². The van der Waals surface area contributed by atoms with Crippen molar-refractivity contribution in [2.75, 3.05) is 32.7 Å². The second kappa shape index (κ2) is 6.43. The summed E-state index contributed by atoms with van der Waals surface area (Å²) in [5, 5.41) is 12.1. The molecule has 2 amide bonds. The largest absolute Gasteiger partial charge is 0.480 e. The maximum absolute atomic E-state index is 12.1. The second-order valence-electron chi connectivity index (χ2n) is 5.97. The maximum atomic E-state index is 12.1. The zero-order chi connectivity index (χ0) is 14.6. The first-order chi connectivity index (χ1) is 9.54. The van der Waals surface area contributed by atoms with E-state index >= 15 is 0 Å². The summed E-state index contributed by atoms with van der Waals surface area (Å²) < 4.78 is 0. The molecule has 0 aromatic carbocycles. The van der Waals surface area contributed by atoms with Crippen molar-refractivity contribution in [1.82, 2.24) is 15.1 Å². The van der Waals surface area contributed by atoms with Gasteiger partial charge in [0, 0.05) is 13.1 Å². The summed E-state index contributed by atoms with van der Waals surface area (Å²) in [4.78, 5) is 27.3. The summed E-state index contributed by atoms with van der Waals surface area (Å²) >= 11 is 0. The van der Waals surface area contributed by atoms with Crippen LogP contribution in [-0.4, -0.2) is 65.2 Å². The van der Waals surface area contributed by atoms with E-state index in [4.69, 9.17) is 0 Å². The molecule has 0 spiro atoms. The predicted molar refractivity (Wildman–Crippen MR) is 75.7 cm³/mol. The number of nitrogens with zero attached hydrogens (tertiary/aromatic N) is 2. The summed E-state index contributed by atoms with van der Waals surface area (Å²) in [5.74, 6) is -0.915. The van der Waals surface area contributed by atoms with Crippen LogP contribution in [0.3, 0.4) is 0 Å². The normalized spacial score (nSPS) is 26.9. The van der Waals surface area contributed by atoms with E-state index in [1.807, 2.05) is 0 Å². The van der Waals surface area contributed by atoms with Gasteiger partial charge in [-0.25, -0.2) is 9.59 Å². The van der Waals surface area contributed by atoms with E-state index in [1.54, 1.807) is 6.92 Å². The zero-order valence-corrected chi connectivity index (χ0v) is 12.2. The topological polar surface area (TPSA) is 72.9 Å². The molecule has 1 atom stereocenters. The van der Waals surface area contributed by atoms with E-state index in [0.29, 0.717) is 19.5 Å². The molecule has 20 heavy (non-hydrogen) atoms. The molecule has 2 aliphatic heterocycles. The number of likely N-dealkylation sites (tertiary alicyclic amines) is 2. The van der Waals surface area contributed by atoms with Crippen LogP contribution in [0.4, 0.5) is 4.79 Å². The van der Waals surface area contributed by atoms with E-state index in [1.165, 1.54) is 17.7 Å². The van der Waals surface area contributed by atoms with Crippen LogP contribution in [0.25, 0.3) is 0 Å². The van der Waals surface area contributed by atoms with Crippen molar-refractivity contribution in [2.24, 2.45) is 0 Å². The molecule has 1 unspecified atom stereocenters. The van der Waals surface area contributed by atoms with Crippen LogP contribution in [0.5, 0.6) is 0 Å². The van der Waals surface area contributed by atoms with E-state index in [2.05, 4.69) is 10.2 Å². The van der Waals surface area contributed by atoms with E-state index in [9.17, 15) is 14.7 Å². The maximum Gasteiger partial charge on any atom is 0.329 e. The van der Waals surface area contributed by atoms with Crippen molar-refractivity contribution in [2.45, 2.75) is 44.6 Å². The number of carboxylic acids is 1. The van der Waals surface area contributed by atoms with Gasteiger partial charge in [0.2, 0.25) is 0 Å². The van der Waals surface area contributed by atoms with E-state index in [-0.39, 0.29) is 6.03 Å². The average molecular weight is 283 g/mol. The van der Waals surface area contributed by atoms with Crippen LogP contribution in [0.1, 0.15) is 39.0 Å². The van der Waals surface area contributed by atoms with Crippen LogP contribution in [-0.2, 0) is 4.79 Å². The molecule has 6 nitrogen and oxygen atoms in total. The third kappa shape index (κ3) is 3.23. The number of urea groups is 1. The molecule has 0 aromatic heterocycles. The van der Waals surface area contributed by atoms with Gasteiger partial charge in [-0.2, -0.15) is 0 Å². The smallest absolute Gasteiger partial charge is 0.329 e. The lowest BCUT2D eigenvalue weighted by Crippen LogP contribution is -2.54. The molecule has 2 heterocycles. The molecule has 0 aliphatic carbocycles. The number of nitrogens with one attached hydrogen (secondary N) is 1. The van der Waals surface area contributed by atoms with Crippen molar-refractivity contribution >= 4 is 12.0 Å². The molecular weight excluding hydrogens is 258 g/mol. The number of hydrogen-bond acceptors (Lipinski definition) is 3. The SMILES string of the molecule is CC1(C(=O)O)CCCN1C(=O)NCCCN1CCCC1. The quantitative estimate of drug-likeness (QED) is 0.742. The summed E-state index contributed by atoms with van der Waals surface area (Å²) in [7, 11) is 0. The van der Waals surface area contributed by atoms with Gasteiger partial charge in [-0.15, -0.1) is 0 Å². The fraction of sp³-hybridized carbons (Fsp3) is 0.857. The van der Waals surface area contributed by atoms with Gasteiger partial charge < -0.3 is 20.2 Å². The van der Waals surface area contributed by atoms with Crippen LogP contribution < -0.4 is 5.32 Å². The summed E-state index contributed by atoms with van der Waals surface area (Å²) in [5.41, 5.74) is -1.04. The minimum Gasteiger partial charge on any atom is -0.480 e. The number of hydrogen-bond donors (Lipinski definition) is 2. The number of rotatable bonds is 5. The Morgan fingerprint density at radius 2 is 1.90 bits per heavy atom. The van der Waals surface area contributed by atoms with Crippen molar-refractivity contribution < 1.29 is 14.7 Å². The Morgan fingerprint density at radius 3 is 2.55 bits per heavy atom. The number of aliphatic carboxylic acids is 1. The first kappa shape index (κ1) is 15.1. The molecule has 0 radical (unpaired) electrons. The van der Waals surface area contributed by atoms with E-state index in [0.717, 1.165) is 32.5 Å². The van der Waals surface area contributed by atoms with Gasteiger partial charge in [-0.1, -0.05) is 0 Å². The monoisotopic (exact) mass is 283 g/mol. The Labute approximate surface area is 120 Å². The van der Waals surface area contributed by atoms with Gasteiger partial charge in [0.25, 0.3) is 0 Å². The van der Waals surface area contributed by atoms with Gasteiger partial charge in [0.1, 0.15) is 5.54 Å². The van der Waals surface area contributed by atoms with Crippen molar-refractivity contribution in [3.8, 4) is 0 Å². The molecule has 2 aliphatic rings. The molecule has 0 saturated carbocycles. The molecule has 0 bridgehead atoms. The second-order valence-corrected chi connectivity index (χ2v) is 5.97. The van der Waals surface area contributed by atoms with Gasteiger partial charge in [0.15, 0.2) is 0 Å². The van der Waals surface area contributed by atoms with Gasteiger partial charge in [-0.3, -0.25) is 0 Å². The molecular formula is C14H25N3O3. The highest BCUT2D eigenvalue weighted by molar-refractivity contribution is 5.86. The third-order valence-electron chi connectivity index (χ3n) is 4.47. The minimum absolute atomic E-state index is 0.242. The van der Waals surface area contributed by atoms with Crippen molar-refractivity contribution in [3.63, 3.8) is 0 Å².